The fourth-order valence-corrected chi connectivity index (χ4v) is 4.69. The van der Waals surface area contributed by atoms with Gasteiger partial charge in [0.1, 0.15) is 23.6 Å². The van der Waals surface area contributed by atoms with E-state index in [0.29, 0.717) is 17.9 Å². The zero-order chi connectivity index (χ0) is 23.7. The van der Waals surface area contributed by atoms with Crippen molar-refractivity contribution in [1.82, 2.24) is 5.32 Å². The highest BCUT2D eigenvalue weighted by atomic mass is 32.2. The van der Waals surface area contributed by atoms with E-state index < -0.39 is 15.6 Å². The van der Waals surface area contributed by atoms with E-state index in [0.717, 1.165) is 27.4 Å². The van der Waals surface area contributed by atoms with E-state index in [4.69, 9.17) is 9.47 Å². The Balaban J connectivity index is 1.80. The molecule has 1 aliphatic rings. The van der Waals surface area contributed by atoms with Gasteiger partial charge in [0.15, 0.2) is 0 Å². The average Bonchev–Trinajstić information content (AvgIpc) is 2.65. The van der Waals surface area contributed by atoms with Crippen LogP contribution in [0.25, 0.3) is 0 Å². The van der Waals surface area contributed by atoms with E-state index in [-0.39, 0.29) is 24.6 Å². The molecule has 1 N–H and O–H groups in total. The Labute approximate surface area is 190 Å². The number of amides is 1. The minimum absolute atomic E-state index is 0.00729. The number of nitrogens with one attached hydrogen (secondary N) is 1. The van der Waals surface area contributed by atoms with Crippen molar-refractivity contribution in [2.75, 3.05) is 17.1 Å². The SMILES string of the molecule is Cc1ccc2c(c1)C(NC(=O)CN(c1ccc(OC(C)C)cc1)S(C)(=O)=O)CC(C)(C)O2. The Morgan fingerprint density at radius 2 is 1.88 bits per heavy atom. The fraction of sp³-hybridized carbons (Fsp3) is 0.458. The number of sulfonamides is 1. The average molecular weight is 461 g/mol. The summed E-state index contributed by atoms with van der Waals surface area (Å²) >= 11 is 0. The maximum absolute atomic E-state index is 13.0. The van der Waals surface area contributed by atoms with Gasteiger partial charge in [0, 0.05) is 12.0 Å². The standard InChI is InChI=1S/C24H32N2O5S/c1-16(2)30-19-10-8-18(9-11-19)26(32(6,28)29)15-23(27)25-21-14-24(4,5)31-22-12-7-17(3)13-20(21)22/h7-13,16,21H,14-15H2,1-6H3,(H,25,27). The highest BCUT2D eigenvalue weighted by Crippen LogP contribution is 2.39. The summed E-state index contributed by atoms with van der Waals surface area (Å²) in [6.45, 7) is 9.44. The number of carbonyl (C=O) groups excluding carboxylic acids is 1. The van der Waals surface area contributed by atoms with Gasteiger partial charge in [0.05, 0.1) is 24.1 Å². The third kappa shape index (κ3) is 5.94. The number of rotatable bonds is 7. The molecule has 3 rings (SSSR count). The molecule has 0 saturated carbocycles. The monoisotopic (exact) mass is 460 g/mol. The van der Waals surface area contributed by atoms with Crippen molar-refractivity contribution in [3.63, 3.8) is 0 Å². The Morgan fingerprint density at radius 1 is 1.22 bits per heavy atom. The molecule has 8 heteroatoms. The summed E-state index contributed by atoms with van der Waals surface area (Å²) in [7, 11) is -3.67. The third-order valence-electron chi connectivity index (χ3n) is 5.14. The summed E-state index contributed by atoms with van der Waals surface area (Å²) in [6.07, 6.45) is 1.68. The summed E-state index contributed by atoms with van der Waals surface area (Å²) in [6, 6.07) is 12.3. The molecular formula is C24H32N2O5S. The number of fused-ring (bicyclic) bond motifs is 1. The van der Waals surface area contributed by atoms with Crippen LogP contribution < -0.4 is 19.1 Å². The topological polar surface area (TPSA) is 84.9 Å². The first-order valence-corrected chi connectivity index (χ1v) is 12.5. The lowest BCUT2D eigenvalue weighted by Gasteiger charge is -2.38. The Kier molecular flexibility index (Phi) is 6.74. The lowest BCUT2D eigenvalue weighted by atomic mass is 9.89. The van der Waals surface area contributed by atoms with Crippen LogP contribution in [0, 0.1) is 6.92 Å². The molecule has 0 saturated heterocycles. The van der Waals surface area contributed by atoms with Gasteiger partial charge in [-0.1, -0.05) is 17.7 Å². The number of carbonyl (C=O) groups is 1. The molecule has 1 atom stereocenters. The number of aryl methyl sites for hydroxylation is 1. The van der Waals surface area contributed by atoms with Crippen molar-refractivity contribution in [3.8, 4) is 11.5 Å². The molecule has 1 heterocycles. The molecule has 0 fully saturated rings. The van der Waals surface area contributed by atoms with Gasteiger partial charge in [-0.15, -0.1) is 0 Å². The smallest absolute Gasteiger partial charge is 0.241 e. The second-order valence-electron chi connectivity index (χ2n) is 9.16. The number of hydrogen-bond donors (Lipinski definition) is 1. The molecule has 174 valence electrons. The van der Waals surface area contributed by atoms with Gasteiger partial charge >= 0.3 is 0 Å². The molecule has 0 spiro atoms. The first-order chi connectivity index (χ1) is 14.8. The number of nitrogens with zero attached hydrogens (tertiary/aromatic N) is 1. The molecule has 0 radical (unpaired) electrons. The summed E-state index contributed by atoms with van der Waals surface area (Å²) in [5.41, 5.74) is 1.91. The van der Waals surface area contributed by atoms with Gasteiger partial charge in [-0.2, -0.15) is 0 Å². The Morgan fingerprint density at radius 3 is 2.47 bits per heavy atom. The molecular weight excluding hydrogens is 428 g/mol. The van der Waals surface area contributed by atoms with Crippen molar-refractivity contribution in [1.29, 1.82) is 0 Å². The molecule has 7 nitrogen and oxygen atoms in total. The van der Waals surface area contributed by atoms with Crippen LogP contribution >= 0.6 is 0 Å². The zero-order valence-corrected chi connectivity index (χ0v) is 20.3. The van der Waals surface area contributed by atoms with Crippen LogP contribution in [0.15, 0.2) is 42.5 Å². The normalized spacial score (nSPS) is 17.3. The van der Waals surface area contributed by atoms with Gasteiger partial charge in [-0.3, -0.25) is 9.10 Å². The van der Waals surface area contributed by atoms with Crippen molar-refractivity contribution >= 4 is 21.6 Å². The van der Waals surface area contributed by atoms with Crippen molar-refractivity contribution < 1.29 is 22.7 Å². The molecule has 0 aliphatic carbocycles. The van der Waals surface area contributed by atoms with E-state index in [1.165, 1.54) is 0 Å². The van der Waals surface area contributed by atoms with Gasteiger partial charge in [-0.05, 0) is 65.0 Å². The number of ether oxygens (including phenoxy) is 2. The third-order valence-corrected chi connectivity index (χ3v) is 6.28. The second kappa shape index (κ2) is 9.02. The van der Waals surface area contributed by atoms with E-state index >= 15 is 0 Å². The van der Waals surface area contributed by atoms with E-state index in [1.807, 2.05) is 52.8 Å². The molecule has 32 heavy (non-hydrogen) atoms. The maximum atomic E-state index is 13.0. The van der Waals surface area contributed by atoms with Gasteiger partial charge in [0.2, 0.25) is 15.9 Å². The zero-order valence-electron chi connectivity index (χ0n) is 19.5. The highest BCUT2D eigenvalue weighted by Gasteiger charge is 2.35. The quantitative estimate of drug-likeness (QED) is 0.676. The van der Waals surface area contributed by atoms with Crippen molar-refractivity contribution in [3.05, 3.63) is 53.6 Å². The van der Waals surface area contributed by atoms with Crippen LogP contribution in [-0.2, 0) is 14.8 Å². The molecule has 1 unspecified atom stereocenters. The summed E-state index contributed by atoms with van der Waals surface area (Å²) in [4.78, 5) is 13.0. The first kappa shape index (κ1) is 23.9. The van der Waals surface area contributed by atoms with Crippen LogP contribution in [0.3, 0.4) is 0 Å². The predicted molar refractivity (Wildman–Crippen MR) is 126 cm³/mol. The minimum atomic E-state index is -3.67. The van der Waals surface area contributed by atoms with Crippen LogP contribution in [0.5, 0.6) is 11.5 Å². The van der Waals surface area contributed by atoms with Crippen LogP contribution in [0.1, 0.15) is 51.3 Å². The van der Waals surface area contributed by atoms with E-state index in [2.05, 4.69) is 5.32 Å². The molecule has 0 bridgehead atoms. The summed E-state index contributed by atoms with van der Waals surface area (Å²) in [5, 5.41) is 3.02. The van der Waals surface area contributed by atoms with Crippen LogP contribution in [0.4, 0.5) is 5.69 Å². The number of hydrogen-bond acceptors (Lipinski definition) is 5. The van der Waals surface area contributed by atoms with Gasteiger partial charge in [-0.25, -0.2) is 8.42 Å². The second-order valence-corrected chi connectivity index (χ2v) is 11.1. The van der Waals surface area contributed by atoms with Crippen molar-refractivity contribution in [2.45, 2.75) is 58.8 Å². The Bertz CT molecular complexity index is 1080. The van der Waals surface area contributed by atoms with Crippen molar-refractivity contribution in [2.24, 2.45) is 0 Å². The lowest BCUT2D eigenvalue weighted by Crippen LogP contribution is -2.45. The molecule has 2 aromatic carbocycles. The van der Waals surface area contributed by atoms with Crippen LogP contribution in [0.2, 0.25) is 0 Å². The predicted octanol–water partition coefficient (Wildman–Crippen LogP) is 3.97. The molecule has 1 aliphatic heterocycles. The van der Waals surface area contributed by atoms with E-state index in [1.54, 1.807) is 24.3 Å². The summed E-state index contributed by atoms with van der Waals surface area (Å²) in [5.74, 6) is 0.990. The maximum Gasteiger partial charge on any atom is 0.241 e. The van der Waals surface area contributed by atoms with Gasteiger partial charge in [0.25, 0.3) is 0 Å². The fourth-order valence-electron chi connectivity index (χ4n) is 3.84. The van der Waals surface area contributed by atoms with Crippen LogP contribution in [-0.4, -0.2) is 38.8 Å². The molecule has 0 aromatic heterocycles. The largest absolute Gasteiger partial charge is 0.491 e. The van der Waals surface area contributed by atoms with E-state index in [9.17, 15) is 13.2 Å². The molecule has 1 amide bonds. The highest BCUT2D eigenvalue weighted by molar-refractivity contribution is 7.92. The number of benzene rings is 2. The number of anilines is 1. The van der Waals surface area contributed by atoms with Gasteiger partial charge < -0.3 is 14.8 Å². The first-order valence-electron chi connectivity index (χ1n) is 10.7. The molecule has 2 aromatic rings. The minimum Gasteiger partial charge on any atom is -0.491 e. The summed E-state index contributed by atoms with van der Waals surface area (Å²) < 4.78 is 37.7. The lowest BCUT2D eigenvalue weighted by molar-refractivity contribution is -0.120. The Hall–Kier alpha value is -2.74.